The lowest BCUT2D eigenvalue weighted by molar-refractivity contribution is -0.144. The fourth-order valence-electron chi connectivity index (χ4n) is 1.94. The average molecular weight is 270 g/mol. The second-order valence-electron chi connectivity index (χ2n) is 4.46. The van der Waals surface area contributed by atoms with Crippen molar-refractivity contribution in [3.63, 3.8) is 0 Å². The van der Waals surface area contributed by atoms with E-state index in [-0.39, 0.29) is 12.6 Å². The normalized spacial score (nSPS) is 10.1. The molecule has 0 saturated heterocycles. The smallest absolute Gasteiger partial charge is 0.306 e. The van der Waals surface area contributed by atoms with Crippen LogP contribution in [-0.2, 0) is 22.6 Å². The summed E-state index contributed by atoms with van der Waals surface area (Å²) < 4.78 is 10.5. The molecule has 0 fully saturated rings. The van der Waals surface area contributed by atoms with Gasteiger partial charge in [0.1, 0.15) is 12.4 Å². The van der Waals surface area contributed by atoms with Crippen molar-refractivity contribution >= 4 is 5.97 Å². The molecule has 0 unspecified atom stereocenters. The number of ether oxygens (including phenoxy) is 2. The van der Waals surface area contributed by atoms with E-state index in [1.54, 1.807) is 7.11 Å². The molecule has 2 aromatic rings. The van der Waals surface area contributed by atoms with Gasteiger partial charge in [0.05, 0.1) is 7.11 Å². The molecule has 104 valence electrons. The van der Waals surface area contributed by atoms with E-state index < -0.39 is 0 Å². The number of rotatable bonds is 6. The van der Waals surface area contributed by atoms with Crippen LogP contribution < -0.4 is 4.74 Å². The summed E-state index contributed by atoms with van der Waals surface area (Å²) in [5.74, 6) is 0.545. The monoisotopic (exact) mass is 270 g/mol. The van der Waals surface area contributed by atoms with Crippen LogP contribution in [0.2, 0.25) is 0 Å². The SMILES string of the molecule is COc1ccccc1COC(=O)CCc1ccccc1. The van der Waals surface area contributed by atoms with E-state index in [2.05, 4.69) is 0 Å². The van der Waals surface area contributed by atoms with E-state index in [1.165, 1.54) is 0 Å². The number of hydrogen-bond donors (Lipinski definition) is 0. The number of benzene rings is 2. The minimum Gasteiger partial charge on any atom is -0.496 e. The zero-order valence-corrected chi connectivity index (χ0v) is 11.5. The molecule has 0 aliphatic carbocycles. The Kier molecular flexibility index (Phi) is 5.18. The highest BCUT2D eigenvalue weighted by Gasteiger charge is 2.07. The molecule has 0 bridgehead atoms. The van der Waals surface area contributed by atoms with E-state index in [1.807, 2.05) is 54.6 Å². The molecular formula is C17H18O3. The van der Waals surface area contributed by atoms with Crippen molar-refractivity contribution in [2.24, 2.45) is 0 Å². The van der Waals surface area contributed by atoms with Crippen LogP contribution in [0.15, 0.2) is 54.6 Å². The third kappa shape index (κ3) is 4.12. The maximum Gasteiger partial charge on any atom is 0.306 e. The number of hydrogen-bond acceptors (Lipinski definition) is 3. The van der Waals surface area contributed by atoms with Crippen molar-refractivity contribution in [2.75, 3.05) is 7.11 Å². The van der Waals surface area contributed by atoms with Gasteiger partial charge in [-0.25, -0.2) is 0 Å². The molecule has 0 aromatic heterocycles. The minimum atomic E-state index is -0.195. The minimum absolute atomic E-state index is 0.195. The first-order valence-electron chi connectivity index (χ1n) is 6.61. The number of aryl methyl sites for hydroxylation is 1. The molecule has 0 aliphatic heterocycles. The van der Waals surface area contributed by atoms with Crippen LogP contribution >= 0.6 is 0 Å². The van der Waals surface area contributed by atoms with Gasteiger partial charge in [-0.1, -0.05) is 48.5 Å². The second-order valence-corrected chi connectivity index (χ2v) is 4.46. The molecule has 0 heterocycles. The Hall–Kier alpha value is -2.29. The predicted octanol–water partition coefficient (Wildman–Crippen LogP) is 3.37. The van der Waals surface area contributed by atoms with Crippen LogP contribution in [-0.4, -0.2) is 13.1 Å². The van der Waals surface area contributed by atoms with Crippen LogP contribution in [0.4, 0.5) is 0 Å². The molecule has 20 heavy (non-hydrogen) atoms. The summed E-state index contributed by atoms with van der Waals surface area (Å²) in [7, 11) is 1.61. The third-order valence-electron chi connectivity index (χ3n) is 3.04. The summed E-state index contributed by atoms with van der Waals surface area (Å²) in [6.07, 6.45) is 1.09. The van der Waals surface area contributed by atoms with Gasteiger partial charge in [-0.15, -0.1) is 0 Å². The topological polar surface area (TPSA) is 35.5 Å². The number of carbonyl (C=O) groups is 1. The van der Waals surface area contributed by atoms with Crippen molar-refractivity contribution in [1.29, 1.82) is 0 Å². The first-order chi connectivity index (χ1) is 9.79. The lowest BCUT2D eigenvalue weighted by Gasteiger charge is -2.09. The molecule has 0 aliphatic rings. The summed E-state index contributed by atoms with van der Waals surface area (Å²) in [6, 6.07) is 17.4. The fourth-order valence-corrected chi connectivity index (χ4v) is 1.94. The van der Waals surface area contributed by atoms with Crippen molar-refractivity contribution in [2.45, 2.75) is 19.4 Å². The highest BCUT2D eigenvalue weighted by molar-refractivity contribution is 5.69. The summed E-state index contributed by atoms with van der Waals surface area (Å²) in [4.78, 5) is 11.7. The van der Waals surface area contributed by atoms with Gasteiger partial charge >= 0.3 is 5.97 Å². The predicted molar refractivity (Wildman–Crippen MR) is 77.6 cm³/mol. The Balaban J connectivity index is 1.80. The molecule has 0 spiro atoms. The van der Waals surface area contributed by atoms with Crippen molar-refractivity contribution < 1.29 is 14.3 Å². The maximum atomic E-state index is 11.7. The molecule has 0 N–H and O–H groups in total. The Labute approximate surface area is 119 Å². The lowest BCUT2D eigenvalue weighted by Crippen LogP contribution is -2.06. The van der Waals surface area contributed by atoms with Gasteiger partial charge in [-0.05, 0) is 18.1 Å². The summed E-state index contributed by atoms with van der Waals surface area (Å²) >= 11 is 0. The van der Waals surface area contributed by atoms with E-state index in [0.29, 0.717) is 12.8 Å². The van der Waals surface area contributed by atoms with Gasteiger partial charge < -0.3 is 9.47 Å². The number of esters is 1. The Morgan fingerprint density at radius 1 is 1.00 bits per heavy atom. The van der Waals surface area contributed by atoms with Crippen molar-refractivity contribution in [3.8, 4) is 5.75 Å². The number of carbonyl (C=O) groups excluding carboxylic acids is 1. The zero-order chi connectivity index (χ0) is 14.2. The zero-order valence-electron chi connectivity index (χ0n) is 11.5. The standard InChI is InChI=1S/C17H18O3/c1-19-16-10-6-5-9-15(16)13-20-17(18)12-11-14-7-3-2-4-8-14/h2-10H,11-13H2,1H3. The van der Waals surface area contributed by atoms with Gasteiger partial charge in [-0.2, -0.15) is 0 Å². The van der Waals surface area contributed by atoms with Gasteiger partial charge in [0, 0.05) is 12.0 Å². The quantitative estimate of drug-likeness (QED) is 0.755. The lowest BCUT2D eigenvalue weighted by atomic mass is 10.1. The molecule has 3 nitrogen and oxygen atoms in total. The second kappa shape index (κ2) is 7.34. The number of para-hydroxylation sites is 1. The molecule has 2 aromatic carbocycles. The van der Waals surface area contributed by atoms with Gasteiger partial charge in [0.2, 0.25) is 0 Å². The Morgan fingerprint density at radius 3 is 2.45 bits per heavy atom. The fraction of sp³-hybridized carbons (Fsp3) is 0.235. The van der Waals surface area contributed by atoms with Crippen LogP contribution in [0.1, 0.15) is 17.5 Å². The van der Waals surface area contributed by atoms with E-state index >= 15 is 0 Å². The highest BCUT2D eigenvalue weighted by atomic mass is 16.5. The molecule has 3 heteroatoms. The van der Waals surface area contributed by atoms with Crippen LogP contribution in [0.5, 0.6) is 5.75 Å². The van der Waals surface area contributed by atoms with Gasteiger partial charge in [0.15, 0.2) is 0 Å². The summed E-state index contributed by atoms with van der Waals surface area (Å²) in [6.45, 7) is 0.248. The van der Waals surface area contributed by atoms with Crippen LogP contribution in [0.3, 0.4) is 0 Å². The van der Waals surface area contributed by atoms with Gasteiger partial charge in [-0.3, -0.25) is 4.79 Å². The first-order valence-corrected chi connectivity index (χ1v) is 6.61. The van der Waals surface area contributed by atoms with Crippen LogP contribution in [0, 0.1) is 0 Å². The van der Waals surface area contributed by atoms with E-state index in [4.69, 9.17) is 9.47 Å². The molecule has 0 radical (unpaired) electrons. The first kappa shape index (κ1) is 14.1. The number of methoxy groups -OCH3 is 1. The third-order valence-corrected chi connectivity index (χ3v) is 3.04. The van der Waals surface area contributed by atoms with E-state index in [0.717, 1.165) is 16.9 Å². The maximum absolute atomic E-state index is 11.7. The molecule has 0 amide bonds. The van der Waals surface area contributed by atoms with Crippen molar-refractivity contribution in [3.05, 3.63) is 65.7 Å². The molecule has 2 rings (SSSR count). The molecule has 0 atom stereocenters. The Morgan fingerprint density at radius 2 is 1.70 bits per heavy atom. The summed E-state index contributed by atoms with van der Waals surface area (Å²) in [5, 5.41) is 0. The molecular weight excluding hydrogens is 252 g/mol. The molecule has 0 saturated carbocycles. The highest BCUT2D eigenvalue weighted by Crippen LogP contribution is 2.18. The summed E-state index contributed by atoms with van der Waals surface area (Å²) in [5.41, 5.74) is 2.02. The largest absolute Gasteiger partial charge is 0.496 e. The van der Waals surface area contributed by atoms with Gasteiger partial charge in [0.25, 0.3) is 0 Å². The Bertz CT molecular complexity index is 549. The van der Waals surface area contributed by atoms with Crippen LogP contribution in [0.25, 0.3) is 0 Å². The average Bonchev–Trinajstić information content (AvgIpc) is 2.52. The van der Waals surface area contributed by atoms with E-state index in [9.17, 15) is 4.79 Å². The van der Waals surface area contributed by atoms with Crippen molar-refractivity contribution in [1.82, 2.24) is 0 Å².